The smallest absolute Gasteiger partial charge is 0.272 e. The highest BCUT2D eigenvalue weighted by Crippen LogP contribution is 2.26. The van der Waals surface area contributed by atoms with Gasteiger partial charge < -0.3 is 9.32 Å². The second-order valence-corrected chi connectivity index (χ2v) is 8.06. The molecule has 4 aromatic rings. The summed E-state index contributed by atoms with van der Waals surface area (Å²) in [6.07, 6.45) is 4.74. The Hall–Kier alpha value is -3.60. The lowest BCUT2D eigenvalue weighted by Crippen LogP contribution is -2.39. The second kappa shape index (κ2) is 8.64. The van der Waals surface area contributed by atoms with Gasteiger partial charge in [-0.05, 0) is 55.0 Å². The van der Waals surface area contributed by atoms with Gasteiger partial charge in [0.05, 0.1) is 12.0 Å². The third-order valence-corrected chi connectivity index (χ3v) is 5.97. The molecule has 2 aromatic heterocycles. The molecule has 31 heavy (non-hydrogen) atoms. The highest BCUT2D eigenvalue weighted by atomic mass is 16.3. The summed E-state index contributed by atoms with van der Waals surface area (Å²) < 4.78 is 7.25. The molecule has 0 spiro atoms. The Labute approximate surface area is 181 Å². The number of benzene rings is 2. The van der Waals surface area contributed by atoms with E-state index in [9.17, 15) is 4.79 Å². The molecule has 1 amide bonds. The van der Waals surface area contributed by atoms with Crippen LogP contribution < -0.4 is 0 Å². The van der Waals surface area contributed by atoms with Crippen LogP contribution in [0.1, 0.15) is 28.9 Å². The molecule has 1 saturated heterocycles. The normalized spacial score (nSPS) is 14.6. The van der Waals surface area contributed by atoms with Gasteiger partial charge in [-0.1, -0.05) is 48.5 Å². The first-order chi connectivity index (χ1) is 15.3. The van der Waals surface area contributed by atoms with Crippen LogP contribution in [0.3, 0.4) is 0 Å². The Morgan fingerprint density at radius 2 is 1.65 bits per heavy atom. The molecule has 0 N–H and O–H groups in total. The monoisotopic (exact) mass is 411 g/mol. The molecule has 2 aromatic carbocycles. The van der Waals surface area contributed by atoms with Crippen molar-refractivity contribution in [3.63, 3.8) is 0 Å². The number of furan rings is 1. The van der Waals surface area contributed by atoms with Gasteiger partial charge in [-0.2, -0.15) is 5.10 Å². The summed E-state index contributed by atoms with van der Waals surface area (Å²) in [5.74, 6) is 1.29. The number of piperidine rings is 1. The molecule has 1 aliphatic rings. The van der Waals surface area contributed by atoms with E-state index in [4.69, 9.17) is 4.42 Å². The van der Waals surface area contributed by atoms with Crippen LogP contribution in [0, 0.1) is 5.92 Å². The molecule has 5 rings (SSSR count). The third-order valence-electron chi connectivity index (χ3n) is 5.97. The molecule has 0 saturated carbocycles. The molecular formula is C26H25N3O2. The molecule has 0 bridgehead atoms. The Morgan fingerprint density at radius 3 is 2.32 bits per heavy atom. The number of hydrogen-bond acceptors (Lipinski definition) is 3. The van der Waals surface area contributed by atoms with E-state index < -0.39 is 0 Å². The standard InChI is InChI=1S/C26H25N3O2/c30-26(28-15-13-21(14-16-28)18-20-8-3-1-4-9-20)24-19-23(25-12-7-17-31-25)27-29(24)22-10-5-2-6-11-22/h1-12,17,19,21H,13-16,18H2. The molecule has 0 radical (unpaired) electrons. The van der Waals surface area contributed by atoms with Crippen LogP contribution >= 0.6 is 0 Å². The molecule has 1 fully saturated rings. The summed E-state index contributed by atoms with van der Waals surface area (Å²) >= 11 is 0. The van der Waals surface area contributed by atoms with Crippen LogP contribution in [0.2, 0.25) is 0 Å². The molecule has 0 aliphatic carbocycles. The topological polar surface area (TPSA) is 51.3 Å². The fourth-order valence-electron chi connectivity index (χ4n) is 4.29. The van der Waals surface area contributed by atoms with E-state index in [1.165, 1.54) is 5.56 Å². The predicted molar refractivity (Wildman–Crippen MR) is 120 cm³/mol. The van der Waals surface area contributed by atoms with E-state index in [0.717, 1.165) is 38.0 Å². The Kier molecular flexibility index (Phi) is 5.40. The quantitative estimate of drug-likeness (QED) is 0.452. The van der Waals surface area contributed by atoms with Gasteiger partial charge in [-0.25, -0.2) is 4.68 Å². The fraction of sp³-hybridized carbons (Fsp3) is 0.231. The van der Waals surface area contributed by atoms with Crippen LogP contribution in [0.15, 0.2) is 89.5 Å². The first kappa shape index (κ1) is 19.4. The van der Waals surface area contributed by atoms with Crippen molar-refractivity contribution in [3.8, 4) is 17.1 Å². The summed E-state index contributed by atoms with van der Waals surface area (Å²) in [4.78, 5) is 15.4. The Balaban J connectivity index is 1.35. The number of rotatable bonds is 5. The van der Waals surface area contributed by atoms with Crippen LogP contribution in [0.5, 0.6) is 0 Å². The maximum absolute atomic E-state index is 13.5. The fourth-order valence-corrected chi connectivity index (χ4v) is 4.29. The zero-order valence-corrected chi connectivity index (χ0v) is 17.4. The largest absolute Gasteiger partial charge is 0.463 e. The van der Waals surface area contributed by atoms with E-state index in [2.05, 4.69) is 35.4 Å². The first-order valence-corrected chi connectivity index (χ1v) is 10.8. The highest BCUT2D eigenvalue weighted by Gasteiger charge is 2.27. The minimum atomic E-state index is 0.0207. The summed E-state index contributed by atoms with van der Waals surface area (Å²) in [5.41, 5.74) is 3.47. The lowest BCUT2D eigenvalue weighted by atomic mass is 9.90. The molecule has 5 nitrogen and oxygen atoms in total. The van der Waals surface area contributed by atoms with Gasteiger partial charge in [0, 0.05) is 19.2 Å². The minimum absolute atomic E-state index is 0.0207. The Morgan fingerprint density at radius 1 is 0.935 bits per heavy atom. The second-order valence-electron chi connectivity index (χ2n) is 8.06. The number of likely N-dealkylation sites (tertiary alicyclic amines) is 1. The highest BCUT2D eigenvalue weighted by molar-refractivity contribution is 5.94. The summed E-state index contributed by atoms with van der Waals surface area (Å²) in [7, 11) is 0. The van der Waals surface area contributed by atoms with E-state index in [-0.39, 0.29) is 5.91 Å². The molecule has 0 atom stereocenters. The third kappa shape index (κ3) is 4.17. The average Bonchev–Trinajstić information content (AvgIpc) is 3.51. The van der Waals surface area contributed by atoms with Gasteiger partial charge in [0.15, 0.2) is 5.76 Å². The van der Waals surface area contributed by atoms with Crippen LogP contribution in [0.4, 0.5) is 0 Å². The first-order valence-electron chi connectivity index (χ1n) is 10.8. The maximum atomic E-state index is 13.5. The van der Waals surface area contributed by atoms with Gasteiger partial charge in [-0.3, -0.25) is 4.79 Å². The van der Waals surface area contributed by atoms with E-state index in [1.54, 1.807) is 10.9 Å². The van der Waals surface area contributed by atoms with E-state index in [1.807, 2.05) is 53.4 Å². The average molecular weight is 412 g/mol. The van der Waals surface area contributed by atoms with E-state index >= 15 is 0 Å². The van der Waals surface area contributed by atoms with E-state index in [0.29, 0.717) is 23.1 Å². The molecule has 1 aliphatic heterocycles. The van der Waals surface area contributed by atoms with Gasteiger partial charge in [0.2, 0.25) is 0 Å². The summed E-state index contributed by atoms with van der Waals surface area (Å²) in [6.45, 7) is 1.54. The molecule has 0 unspecified atom stereocenters. The number of carbonyl (C=O) groups is 1. The van der Waals surface area contributed by atoms with Crippen molar-refractivity contribution >= 4 is 5.91 Å². The molecule has 156 valence electrons. The summed E-state index contributed by atoms with van der Waals surface area (Å²) in [5, 5.41) is 4.69. The number of hydrogen-bond donors (Lipinski definition) is 0. The molecule has 5 heteroatoms. The van der Waals surface area contributed by atoms with Crippen molar-refractivity contribution in [1.29, 1.82) is 0 Å². The zero-order valence-electron chi connectivity index (χ0n) is 17.4. The molecular weight excluding hydrogens is 386 g/mol. The summed E-state index contributed by atoms with van der Waals surface area (Å²) in [6, 6.07) is 25.9. The number of para-hydroxylation sites is 1. The van der Waals surface area contributed by atoms with Gasteiger partial charge in [0.25, 0.3) is 5.91 Å². The van der Waals surface area contributed by atoms with Crippen LogP contribution in [-0.4, -0.2) is 33.7 Å². The number of amides is 1. The Bertz CT molecular complexity index is 1130. The van der Waals surface area contributed by atoms with Crippen molar-refractivity contribution in [2.75, 3.05) is 13.1 Å². The molecule has 3 heterocycles. The van der Waals surface area contributed by atoms with Gasteiger partial charge in [-0.15, -0.1) is 0 Å². The number of aromatic nitrogens is 2. The van der Waals surface area contributed by atoms with Crippen LogP contribution in [-0.2, 0) is 6.42 Å². The number of nitrogens with zero attached hydrogens (tertiary/aromatic N) is 3. The zero-order chi connectivity index (χ0) is 21.0. The lowest BCUT2D eigenvalue weighted by molar-refractivity contribution is 0.0681. The van der Waals surface area contributed by atoms with Crippen molar-refractivity contribution in [2.24, 2.45) is 5.92 Å². The van der Waals surface area contributed by atoms with Gasteiger partial charge >= 0.3 is 0 Å². The van der Waals surface area contributed by atoms with Crippen molar-refractivity contribution in [1.82, 2.24) is 14.7 Å². The van der Waals surface area contributed by atoms with Crippen molar-refractivity contribution in [3.05, 3.63) is 96.4 Å². The lowest BCUT2D eigenvalue weighted by Gasteiger charge is -2.32. The maximum Gasteiger partial charge on any atom is 0.272 e. The minimum Gasteiger partial charge on any atom is -0.463 e. The van der Waals surface area contributed by atoms with Crippen molar-refractivity contribution < 1.29 is 9.21 Å². The number of carbonyl (C=O) groups excluding carboxylic acids is 1. The van der Waals surface area contributed by atoms with Crippen LogP contribution in [0.25, 0.3) is 17.1 Å². The predicted octanol–water partition coefficient (Wildman–Crippen LogP) is 5.23. The van der Waals surface area contributed by atoms with Gasteiger partial charge in [0.1, 0.15) is 11.4 Å². The van der Waals surface area contributed by atoms with Crippen molar-refractivity contribution in [2.45, 2.75) is 19.3 Å². The SMILES string of the molecule is O=C(c1cc(-c2ccco2)nn1-c1ccccc1)N1CCC(Cc2ccccc2)CC1.